The summed E-state index contributed by atoms with van der Waals surface area (Å²) < 4.78 is 50.0. The van der Waals surface area contributed by atoms with E-state index in [9.17, 15) is 18.0 Å². The van der Waals surface area contributed by atoms with Gasteiger partial charge in [0.05, 0.1) is 13.7 Å². The van der Waals surface area contributed by atoms with Crippen LogP contribution < -0.4 is 14.8 Å². The number of nitrogens with zero attached hydrogens (tertiary/aromatic N) is 2. The molecule has 3 rings (SSSR count). The molecule has 2 heterocycles. The number of nitrogens with one attached hydrogen (secondary N) is 1. The molecule has 1 aliphatic rings. The first-order chi connectivity index (χ1) is 12.3. The Balaban J connectivity index is 1.63. The highest BCUT2D eigenvalue weighted by Crippen LogP contribution is 2.35. The number of halogens is 3. The summed E-state index contributed by atoms with van der Waals surface area (Å²) in [4.78, 5) is 12.2. The van der Waals surface area contributed by atoms with Gasteiger partial charge in [0.2, 0.25) is 0 Å². The van der Waals surface area contributed by atoms with E-state index in [-0.39, 0.29) is 18.2 Å². The Morgan fingerprint density at radius 2 is 2.23 bits per heavy atom. The summed E-state index contributed by atoms with van der Waals surface area (Å²) in [6.45, 7) is 0.662. The average molecular weight is 369 g/mol. The van der Waals surface area contributed by atoms with Gasteiger partial charge >= 0.3 is 6.18 Å². The number of aryl methyl sites for hydroxylation is 1. The number of fused-ring (bicyclic) bond motifs is 1. The predicted molar refractivity (Wildman–Crippen MR) is 86.2 cm³/mol. The van der Waals surface area contributed by atoms with E-state index in [1.165, 1.54) is 7.05 Å². The van der Waals surface area contributed by atoms with Crippen LogP contribution >= 0.6 is 0 Å². The van der Waals surface area contributed by atoms with Gasteiger partial charge in [-0.25, -0.2) is 0 Å². The van der Waals surface area contributed by atoms with Crippen LogP contribution in [-0.4, -0.2) is 35.9 Å². The van der Waals surface area contributed by atoms with E-state index in [1.807, 2.05) is 18.2 Å². The number of para-hydroxylation sites is 1. The number of hydrogen-bond acceptors (Lipinski definition) is 4. The van der Waals surface area contributed by atoms with Gasteiger partial charge in [0.1, 0.15) is 5.69 Å². The molecule has 0 unspecified atom stereocenters. The quantitative estimate of drug-likeness (QED) is 0.899. The third kappa shape index (κ3) is 3.61. The lowest BCUT2D eigenvalue weighted by molar-refractivity contribution is -0.141. The van der Waals surface area contributed by atoms with Gasteiger partial charge in [0, 0.05) is 25.6 Å². The van der Waals surface area contributed by atoms with Crippen LogP contribution in [0.5, 0.6) is 11.5 Å². The Labute approximate surface area is 147 Å². The fraction of sp³-hybridized carbons (Fsp3) is 0.412. The zero-order valence-corrected chi connectivity index (χ0v) is 14.3. The molecule has 0 aliphatic carbocycles. The summed E-state index contributed by atoms with van der Waals surface area (Å²) in [5.74, 6) is 0.749. The lowest BCUT2D eigenvalue weighted by Crippen LogP contribution is -2.35. The topological polar surface area (TPSA) is 65.4 Å². The lowest BCUT2D eigenvalue weighted by atomic mass is 9.96. The molecule has 6 nitrogen and oxygen atoms in total. The molecule has 0 bridgehead atoms. The molecule has 1 aromatic carbocycles. The molecule has 1 aromatic heterocycles. The van der Waals surface area contributed by atoms with Crippen LogP contribution in [0.4, 0.5) is 13.2 Å². The van der Waals surface area contributed by atoms with Crippen molar-refractivity contribution in [2.45, 2.75) is 12.6 Å². The van der Waals surface area contributed by atoms with Gasteiger partial charge < -0.3 is 14.8 Å². The van der Waals surface area contributed by atoms with Gasteiger partial charge in [-0.3, -0.25) is 9.48 Å². The maximum Gasteiger partial charge on any atom is 0.435 e. The number of benzene rings is 1. The molecule has 1 aliphatic heterocycles. The van der Waals surface area contributed by atoms with Crippen molar-refractivity contribution in [3.63, 3.8) is 0 Å². The van der Waals surface area contributed by atoms with Gasteiger partial charge in [0.15, 0.2) is 17.2 Å². The van der Waals surface area contributed by atoms with Crippen LogP contribution in [0, 0.1) is 5.92 Å². The Morgan fingerprint density at radius 3 is 2.88 bits per heavy atom. The third-order valence-electron chi connectivity index (χ3n) is 4.21. The molecule has 9 heteroatoms. The molecule has 1 atom stereocenters. The second kappa shape index (κ2) is 6.89. The van der Waals surface area contributed by atoms with Crippen molar-refractivity contribution in [1.82, 2.24) is 15.1 Å². The van der Waals surface area contributed by atoms with Crippen LogP contribution in [0.25, 0.3) is 0 Å². The van der Waals surface area contributed by atoms with Crippen molar-refractivity contribution in [2.75, 3.05) is 20.3 Å². The number of carbonyl (C=O) groups is 1. The van der Waals surface area contributed by atoms with Crippen molar-refractivity contribution in [3.05, 3.63) is 41.2 Å². The number of alkyl halides is 3. The first kappa shape index (κ1) is 18.1. The van der Waals surface area contributed by atoms with E-state index in [4.69, 9.17) is 9.47 Å². The lowest BCUT2D eigenvalue weighted by Gasteiger charge is -2.26. The van der Waals surface area contributed by atoms with E-state index < -0.39 is 17.8 Å². The largest absolute Gasteiger partial charge is 0.493 e. The highest BCUT2D eigenvalue weighted by molar-refractivity contribution is 5.92. The van der Waals surface area contributed by atoms with Crippen molar-refractivity contribution in [2.24, 2.45) is 13.0 Å². The standard InChI is InChI=1S/C17H18F3N3O3/c1-23-12(7-14(22-23)17(18,19)20)16(24)21-8-10-6-11-4-3-5-13(25-2)15(11)26-9-10/h3-5,7,10H,6,8-9H2,1-2H3,(H,21,24)/t10-/m1/s1. The number of ether oxygens (including phenoxy) is 2. The van der Waals surface area contributed by atoms with Gasteiger partial charge in [-0.2, -0.15) is 18.3 Å². The molecule has 26 heavy (non-hydrogen) atoms. The maximum absolute atomic E-state index is 12.7. The minimum Gasteiger partial charge on any atom is -0.493 e. The van der Waals surface area contributed by atoms with Crippen LogP contribution in [0.2, 0.25) is 0 Å². The minimum atomic E-state index is -4.59. The summed E-state index contributed by atoms with van der Waals surface area (Å²) in [7, 11) is 2.87. The third-order valence-corrected chi connectivity index (χ3v) is 4.21. The maximum atomic E-state index is 12.7. The predicted octanol–water partition coefficient (Wildman–Crippen LogP) is 2.43. The molecule has 1 amide bonds. The molecule has 0 fully saturated rings. The number of methoxy groups -OCH3 is 1. The second-order valence-electron chi connectivity index (χ2n) is 6.08. The number of hydrogen-bond donors (Lipinski definition) is 1. The van der Waals surface area contributed by atoms with E-state index >= 15 is 0 Å². The van der Waals surface area contributed by atoms with Crippen molar-refractivity contribution < 1.29 is 27.4 Å². The van der Waals surface area contributed by atoms with Crippen LogP contribution in [0.1, 0.15) is 21.7 Å². The van der Waals surface area contributed by atoms with Gasteiger partial charge in [-0.15, -0.1) is 0 Å². The van der Waals surface area contributed by atoms with Crippen LogP contribution in [0.3, 0.4) is 0 Å². The van der Waals surface area contributed by atoms with Gasteiger partial charge in [0.25, 0.3) is 5.91 Å². The monoisotopic (exact) mass is 369 g/mol. The number of amides is 1. The number of rotatable bonds is 4. The molecular formula is C17H18F3N3O3. The molecule has 140 valence electrons. The molecule has 2 aromatic rings. The molecule has 0 saturated heterocycles. The summed E-state index contributed by atoms with van der Waals surface area (Å²) >= 11 is 0. The average Bonchev–Trinajstić information content (AvgIpc) is 3.01. The van der Waals surface area contributed by atoms with Crippen LogP contribution in [0.15, 0.2) is 24.3 Å². The summed E-state index contributed by atoms with van der Waals surface area (Å²) in [6, 6.07) is 6.33. The molecule has 1 N–H and O–H groups in total. The molecular weight excluding hydrogens is 351 g/mol. The Morgan fingerprint density at radius 1 is 1.46 bits per heavy atom. The van der Waals surface area contributed by atoms with Crippen LogP contribution in [-0.2, 0) is 19.6 Å². The fourth-order valence-corrected chi connectivity index (χ4v) is 2.89. The van der Waals surface area contributed by atoms with Gasteiger partial charge in [-0.1, -0.05) is 12.1 Å². The van der Waals surface area contributed by atoms with E-state index in [2.05, 4.69) is 10.4 Å². The Kier molecular flexibility index (Phi) is 4.80. The minimum absolute atomic E-state index is 0.00821. The molecule has 0 radical (unpaired) electrons. The highest BCUT2D eigenvalue weighted by Gasteiger charge is 2.35. The SMILES string of the molecule is COc1cccc2c1OC[C@@H](CNC(=O)c1cc(C(F)(F)F)nn1C)C2. The smallest absolute Gasteiger partial charge is 0.435 e. The molecule has 0 spiro atoms. The van der Waals surface area contributed by atoms with Gasteiger partial charge in [-0.05, 0) is 18.1 Å². The number of aromatic nitrogens is 2. The zero-order chi connectivity index (χ0) is 18.9. The summed E-state index contributed by atoms with van der Waals surface area (Å²) in [5, 5.41) is 5.99. The van der Waals surface area contributed by atoms with Crippen molar-refractivity contribution in [1.29, 1.82) is 0 Å². The first-order valence-corrected chi connectivity index (χ1v) is 7.97. The highest BCUT2D eigenvalue weighted by atomic mass is 19.4. The normalized spacial score (nSPS) is 16.6. The summed E-state index contributed by atoms with van der Waals surface area (Å²) in [5.41, 5.74) is -0.266. The Hall–Kier alpha value is -2.71. The zero-order valence-electron chi connectivity index (χ0n) is 14.3. The molecule has 0 saturated carbocycles. The van der Waals surface area contributed by atoms with E-state index in [0.29, 0.717) is 24.5 Å². The van der Waals surface area contributed by atoms with E-state index in [0.717, 1.165) is 16.3 Å². The van der Waals surface area contributed by atoms with Crippen molar-refractivity contribution in [3.8, 4) is 11.5 Å². The Bertz CT molecular complexity index is 817. The summed E-state index contributed by atoms with van der Waals surface area (Å²) in [6.07, 6.45) is -3.91. The number of carbonyl (C=O) groups excluding carboxylic acids is 1. The second-order valence-corrected chi connectivity index (χ2v) is 6.08. The fourth-order valence-electron chi connectivity index (χ4n) is 2.89. The van der Waals surface area contributed by atoms with Crippen molar-refractivity contribution >= 4 is 5.91 Å². The first-order valence-electron chi connectivity index (χ1n) is 7.97. The van der Waals surface area contributed by atoms with E-state index in [1.54, 1.807) is 7.11 Å².